The van der Waals surface area contributed by atoms with Crippen LogP contribution in [0.3, 0.4) is 0 Å². The number of hydrogen-bond donors (Lipinski definition) is 0. The van der Waals surface area contributed by atoms with Crippen LogP contribution < -0.4 is 0 Å². The summed E-state index contributed by atoms with van der Waals surface area (Å²) in [4.78, 5) is 11.7. The average molecular weight is 286 g/mol. The number of carbonyl (C=O) groups is 1. The highest BCUT2D eigenvalue weighted by molar-refractivity contribution is 6.37. The largest absolute Gasteiger partial charge is 0.464 e. The Morgan fingerprint density at radius 3 is 2.50 bits per heavy atom. The van der Waals surface area contributed by atoms with Gasteiger partial charge >= 0.3 is 5.97 Å². The molecule has 0 aliphatic heterocycles. The average Bonchev–Trinajstić information content (AvgIpc) is 2.70. The van der Waals surface area contributed by atoms with E-state index >= 15 is 0 Å². The first-order valence-corrected chi connectivity index (χ1v) is 5.77. The number of para-hydroxylation sites is 1. The third kappa shape index (κ3) is 2.07. The van der Waals surface area contributed by atoms with Gasteiger partial charge in [-0.3, -0.25) is 0 Å². The summed E-state index contributed by atoms with van der Waals surface area (Å²) in [6.45, 7) is 1.65. The van der Waals surface area contributed by atoms with E-state index < -0.39 is 5.97 Å². The molecule has 1 heterocycles. The zero-order chi connectivity index (χ0) is 13.3. The predicted octanol–water partition coefficient (Wildman–Crippen LogP) is 2.67. The number of nitrogens with zero attached hydrogens (tertiary/aromatic N) is 3. The van der Waals surface area contributed by atoms with Crippen molar-refractivity contribution in [3.05, 3.63) is 39.6 Å². The first kappa shape index (κ1) is 12.9. The molecular weight excluding hydrogens is 277 g/mol. The van der Waals surface area contributed by atoms with Crippen LogP contribution in [0.4, 0.5) is 0 Å². The number of benzene rings is 1. The molecule has 0 radical (unpaired) electrons. The minimum absolute atomic E-state index is 0.201. The maximum absolute atomic E-state index is 11.7. The molecule has 94 valence electrons. The zero-order valence-corrected chi connectivity index (χ0v) is 11.2. The van der Waals surface area contributed by atoms with Gasteiger partial charge in [0.25, 0.3) is 0 Å². The van der Waals surface area contributed by atoms with Gasteiger partial charge in [0.1, 0.15) is 5.69 Å². The van der Waals surface area contributed by atoms with Crippen LogP contribution in [0.1, 0.15) is 16.2 Å². The summed E-state index contributed by atoms with van der Waals surface area (Å²) in [6, 6.07) is 5.01. The van der Waals surface area contributed by atoms with Crippen LogP contribution in [-0.2, 0) is 4.74 Å². The molecule has 5 nitrogen and oxygen atoms in total. The third-order valence-electron chi connectivity index (χ3n) is 2.37. The second-order valence-electron chi connectivity index (χ2n) is 3.50. The fourth-order valence-corrected chi connectivity index (χ4v) is 2.09. The highest BCUT2D eigenvalue weighted by Crippen LogP contribution is 2.29. The number of esters is 1. The molecule has 0 bridgehead atoms. The molecule has 1 aromatic carbocycles. The molecule has 0 saturated heterocycles. The molecule has 0 fully saturated rings. The Kier molecular flexibility index (Phi) is 3.54. The fourth-order valence-electron chi connectivity index (χ4n) is 1.54. The van der Waals surface area contributed by atoms with Crippen LogP contribution in [0.15, 0.2) is 18.2 Å². The third-order valence-corrected chi connectivity index (χ3v) is 2.98. The quantitative estimate of drug-likeness (QED) is 0.796. The van der Waals surface area contributed by atoms with E-state index in [4.69, 9.17) is 27.9 Å². The SMILES string of the molecule is COC(=O)c1c(C)nnn1-c1c(Cl)cccc1Cl. The van der Waals surface area contributed by atoms with Gasteiger partial charge in [-0.05, 0) is 19.1 Å². The molecule has 0 aliphatic carbocycles. The number of carbonyl (C=O) groups excluding carboxylic acids is 1. The normalized spacial score (nSPS) is 10.4. The maximum Gasteiger partial charge on any atom is 0.358 e. The first-order chi connectivity index (χ1) is 8.56. The molecule has 18 heavy (non-hydrogen) atoms. The van der Waals surface area contributed by atoms with Gasteiger partial charge in [0.05, 0.1) is 22.8 Å². The Hall–Kier alpha value is -1.59. The van der Waals surface area contributed by atoms with Crippen molar-refractivity contribution >= 4 is 29.2 Å². The maximum atomic E-state index is 11.7. The van der Waals surface area contributed by atoms with E-state index in [1.165, 1.54) is 11.8 Å². The van der Waals surface area contributed by atoms with Crippen LogP contribution in [0, 0.1) is 6.92 Å². The number of halogens is 2. The summed E-state index contributed by atoms with van der Waals surface area (Å²) in [5, 5.41) is 8.46. The van der Waals surface area contributed by atoms with Gasteiger partial charge in [-0.25, -0.2) is 9.48 Å². The summed E-state index contributed by atoms with van der Waals surface area (Å²) in [6.07, 6.45) is 0. The van der Waals surface area contributed by atoms with Crippen LogP contribution in [-0.4, -0.2) is 28.1 Å². The molecule has 0 amide bonds. The fraction of sp³-hybridized carbons (Fsp3) is 0.182. The van der Waals surface area contributed by atoms with E-state index in [0.29, 0.717) is 21.4 Å². The Labute approximate surface area is 113 Å². The Balaban J connectivity index is 2.69. The van der Waals surface area contributed by atoms with Gasteiger partial charge in [0.2, 0.25) is 0 Å². The Morgan fingerprint density at radius 1 is 1.33 bits per heavy atom. The highest BCUT2D eigenvalue weighted by Gasteiger charge is 2.22. The Morgan fingerprint density at radius 2 is 1.94 bits per heavy atom. The minimum atomic E-state index is -0.548. The molecule has 7 heteroatoms. The Bertz CT molecular complexity index is 590. The monoisotopic (exact) mass is 285 g/mol. The summed E-state index contributed by atoms with van der Waals surface area (Å²) in [5.41, 5.74) is 1.05. The van der Waals surface area contributed by atoms with Crippen molar-refractivity contribution < 1.29 is 9.53 Å². The molecule has 0 spiro atoms. The molecular formula is C11H9Cl2N3O2. The minimum Gasteiger partial charge on any atom is -0.464 e. The van der Waals surface area contributed by atoms with Gasteiger partial charge < -0.3 is 4.74 Å². The van der Waals surface area contributed by atoms with Gasteiger partial charge in [0.15, 0.2) is 5.69 Å². The zero-order valence-electron chi connectivity index (χ0n) is 9.65. The van der Waals surface area contributed by atoms with Crippen molar-refractivity contribution in [2.45, 2.75) is 6.92 Å². The lowest BCUT2D eigenvalue weighted by Gasteiger charge is -2.08. The molecule has 1 aromatic heterocycles. The van der Waals surface area contributed by atoms with Crippen LogP contribution in [0.25, 0.3) is 5.69 Å². The molecule has 0 N–H and O–H groups in total. The van der Waals surface area contributed by atoms with E-state index in [9.17, 15) is 4.79 Å². The van der Waals surface area contributed by atoms with Crippen molar-refractivity contribution in [1.82, 2.24) is 15.0 Å². The lowest BCUT2D eigenvalue weighted by atomic mass is 10.3. The van der Waals surface area contributed by atoms with Gasteiger partial charge in [0, 0.05) is 0 Å². The number of aryl methyl sites for hydroxylation is 1. The second kappa shape index (κ2) is 4.96. The van der Waals surface area contributed by atoms with Crippen LogP contribution in [0.5, 0.6) is 0 Å². The predicted molar refractivity (Wildman–Crippen MR) is 67.5 cm³/mol. The van der Waals surface area contributed by atoms with Crippen molar-refractivity contribution in [3.63, 3.8) is 0 Å². The summed E-state index contributed by atoms with van der Waals surface area (Å²) < 4.78 is 5.97. The molecule has 2 rings (SSSR count). The summed E-state index contributed by atoms with van der Waals surface area (Å²) in [7, 11) is 1.29. The highest BCUT2D eigenvalue weighted by atomic mass is 35.5. The van der Waals surface area contributed by atoms with Crippen LogP contribution in [0.2, 0.25) is 10.0 Å². The first-order valence-electron chi connectivity index (χ1n) is 5.01. The lowest BCUT2D eigenvalue weighted by molar-refractivity contribution is 0.0589. The number of hydrogen-bond acceptors (Lipinski definition) is 4. The van der Waals surface area contributed by atoms with Gasteiger partial charge in [-0.15, -0.1) is 5.10 Å². The van der Waals surface area contributed by atoms with Crippen molar-refractivity contribution in [3.8, 4) is 5.69 Å². The smallest absolute Gasteiger partial charge is 0.358 e. The van der Waals surface area contributed by atoms with E-state index in [2.05, 4.69) is 10.3 Å². The number of aromatic nitrogens is 3. The standard InChI is InChI=1S/C11H9Cl2N3O2/c1-6-9(11(17)18-2)16(15-14-6)10-7(12)4-3-5-8(10)13/h3-5H,1-2H3. The van der Waals surface area contributed by atoms with Gasteiger partial charge in [-0.1, -0.05) is 34.5 Å². The molecule has 0 atom stereocenters. The van der Waals surface area contributed by atoms with Crippen molar-refractivity contribution in [2.24, 2.45) is 0 Å². The summed E-state index contributed by atoms with van der Waals surface area (Å²) in [5.74, 6) is -0.548. The van der Waals surface area contributed by atoms with E-state index in [1.54, 1.807) is 25.1 Å². The van der Waals surface area contributed by atoms with E-state index in [0.717, 1.165) is 0 Å². The van der Waals surface area contributed by atoms with Gasteiger partial charge in [-0.2, -0.15) is 0 Å². The number of methoxy groups -OCH3 is 1. The summed E-state index contributed by atoms with van der Waals surface area (Å²) >= 11 is 12.1. The second-order valence-corrected chi connectivity index (χ2v) is 4.31. The number of ether oxygens (including phenoxy) is 1. The van der Waals surface area contributed by atoms with E-state index in [1.807, 2.05) is 0 Å². The van der Waals surface area contributed by atoms with Crippen LogP contribution >= 0.6 is 23.2 Å². The molecule has 0 aliphatic rings. The topological polar surface area (TPSA) is 57.0 Å². The number of rotatable bonds is 2. The van der Waals surface area contributed by atoms with Crippen molar-refractivity contribution in [2.75, 3.05) is 7.11 Å². The molecule has 0 saturated carbocycles. The molecule has 2 aromatic rings. The lowest BCUT2D eigenvalue weighted by Crippen LogP contribution is -2.12. The molecule has 0 unspecified atom stereocenters. The van der Waals surface area contributed by atoms with E-state index in [-0.39, 0.29) is 5.69 Å². The van der Waals surface area contributed by atoms with Crippen molar-refractivity contribution in [1.29, 1.82) is 0 Å².